The average Bonchev–Trinajstić information content (AvgIpc) is 2.79. The van der Waals surface area contributed by atoms with E-state index in [4.69, 9.17) is 34.8 Å². The molecular weight excluding hydrogens is 449 g/mol. The van der Waals surface area contributed by atoms with Gasteiger partial charge in [-0.3, -0.25) is 4.90 Å². The van der Waals surface area contributed by atoms with Crippen molar-refractivity contribution in [3.05, 3.63) is 98.5 Å². The first-order chi connectivity index (χ1) is 15.0. The van der Waals surface area contributed by atoms with Gasteiger partial charge in [0.1, 0.15) is 0 Å². The Balaban J connectivity index is 1.56. The molecule has 0 N–H and O–H groups in total. The van der Waals surface area contributed by atoms with Crippen molar-refractivity contribution in [2.24, 2.45) is 0 Å². The summed E-state index contributed by atoms with van der Waals surface area (Å²) < 4.78 is 0. The Bertz CT molecular complexity index is 1070. The number of piperazine rings is 1. The molecule has 0 radical (unpaired) electrons. The van der Waals surface area contributed by atoms with E-state index >= 15 is 0 Å². The Morgan fingerprint density at radius 3 is 2.19 bits per heavy atom. The van der Waals surface area contributed by atoms with Gasteiger partial charge in [0.2, 0.25) is 0 Å². The molecule has 0 bridgehead atoms. The van der Waals surface area contributed by atoms with E-state index in [0.717, 1.165) is 48.3 Å². The molecule has 3 aromatic carbocycles. The number of anilines is 1. The fraction of sp³-hybridized carbons (Fsp3) is 0.240. The third kappa shape index (κ3) is 5.34. The molecule has 1 aliphatic heterocycles. The van der Waals surface area contributed by atoms with Crippen LogP contribution in [0.3, 0.4) is 0 Å². The standard InChI is InChI=1S/C25H22Cl3N3/c26-21-6-1-18(2-7-21)11-12-30-13-14-31(24-10-3-19(16-29)15-23(24)28)25(17-30)20-4-8-22(27)9-5-20/h1-10,15,25H,11-14,17H2/t25-/m0/s1. The minimum Gasteiger partial charge on any atom is -0.361 e. The SMILES string of the molecule is N#Cc1ccc(N2CCN(CCc3ccc(Cl)cc3)C[C@H]2c2ccc(Cl)cc2)c(Cl)c1. The number of benzene rings is 3. The zero-order valence-electron chi connectivity index (χ0n) is 16.9. The number of rotatable bonds is 5. The van der Waals surface area contributed by atoms with Crippen LogP contribution in [0.1, 0.15) is 22.7 Å². The van der Waals surface area contributed by atoms with E-state index in [9.17, 15) is 5.26 Å². The second-order valence-corrected chi connectivity index (χ2v) is 9.00. The van der Waals surface area contributed by atoms with Crippen LogP contribution in [-0.2, 0) is 6.42 Å². The van der Waals surface area contributed by atoms with Crippen LogP contribution in [0.25, 0.3) is 0 Å². The summed E-state index contributed by atoms with van der Waals surface area (Å²) in [5.41, 5.74) is 4.00. The number of hydrogen-bond donors (Lipinski definition) is 0. The highest BCUT2D eigenvalue weighted by Gasteiger charge is 2.29. The van der Waals surface area contributed by atoms with Gasteiger partial charge in [0.25, 0.3) is 0 Å². The van der Waals surface area contributed by atoms with Gasteiger partial charge in [0.05, 0.1) is 28.4 Å². The lowest BCUT2D eigenvalue weighted by molar-refractivity contribution is 0.226. The minimum absolute atomic E-state index is 0.140. The Hall–Kier alpha value is -2.22. The summed E-state index contributed by atoms with van der Waals surface area (Å²) in [5, 5.41) is 11.3. The van der Waals surface area contributed by atoms with Crippen molar-refractivity contribution in [1.29, 1.82) is 5.26 Å². The van der Waals surface area contributed by atoms with Crippen molar-refractivity contribution >= 4 is 40.5 Å². The Morgan fingerprint density at radius 2 is 1.55 bits per heavy atom. The molecule has 3 aromatic rings. The minimum atomic E-state index is 0.140. The van der Waals surface area contributed by atoms with Crippen LogP contribution in [0, 0.1) is 11.3 Å². The molecular formula is C25H22Cl3N3. The molecule has 4 rings (SSSR count). The van der Waals surface area contributed by atoms with Crippen LogP contribution in [0.5, 0.6) is 0 Å². The van der Waals surface area contributed by atoms with Crippen LogP contribution >= 0.6 is 34.8 Å². The second-order valence-electron chi connectivity index (χ2n) is 7.72. The average molecular weight is 471 g/mol. The van der Waals surface area contributed by atoms with E-state index in [-0.39, 0.29) is 6.04 Å². The van der Waals surface area contributed by atoms with Crippen molar-refractivity contribution in [1.82, 2.24) is 4.90 Å². The highest BCUT2D eigenvalue weighted by Crippen LogP contribution is 2.36. The van der Waals surface area contributed by atoms with Crippen LogP contribution in [0.15, 0.2) is 66.7 Å². The van der Waals surface area contributed by atoms with Gasteiger partial charge in [0, 0.05) is 36.2 Å². The summed E-state index contributed by atoms with van der Waals surface area (Å²) in [6, 6.07) is 23.9. The normalized spacial score (nSPS) is 16.8. The van der Waals surface area contributed by atoms with Gasteiger partial charge in [-0.1, -0.05) is 59.1 Å². The largest absolute Gasteiger partial charge is 0.361 e. The molecule has 158 valence electrons. The summed E-state index contributed by atoms with van der Waals surface area (Å²) >= 11 is 18.7. The van der Waals surface area contributed by atoms with Crippen molar-refractivity contribution in [2.45, 2.75) is 12.5 Å². The van der Waals surface area contributed by atoms with Crippen molar-refractivity contribution in [3.8, 4) is 6.07 Å². The molecule has 1 atom stereocenters. The Morgan fingerprint density at radius 1 is 0.871 bits per heavy atom. The quantitative estimate of drug-likeness (QED) is 0.419. The highest BCUT2D eigenvalue weighted by molar-refractivity contribution is 6.33. The second kappa shape index (κ2) is 9.94. The fourth-order valence-corrected chi connectivity index (χ4v) is 4.59. The van der Waals surface area contributed by atoms with Crippen molar-refractivity contribution in [2.75, 3.05) is 31.1 Å². The predicted molar refractivity (Wildman–Crippen MR) is 129 cm³/mol. The smallest absolute Gasteiger partial charge is 0.0992 e. The zero-order valence-corrected chi connectivity index (χ0v) is 19.2. The number of hydrogen-bond acceptors (Lipinski definition) is 3. The molecule has 0 saturated carbocycles. The van der Waals surface area contributed by atoms with Gasteiger partial charge in [0.15, 0.2) is 0 Å². The zero-order chi connectivity index (χ0) is 21.8. The van der Waals surface area contributed by atoms with Crippen LogP contribution in [-0.4, -0.2) is 31.1 Å². The molecule has 0 unspecified atom stereocenters. The number of nitriles is 1. The molecule has 1 saturated heterocycles. The van der Waals surface area contributed by atoms with E-state index in [1.165, 1.54) is 11.1 Å². The number of halogens is 3. The topological polar surface area (TPSA) is 30.3 Å². The van der Waals surface area contributed by atoms with E-state index < -0.39 is 0 Å². The lowest BCUT2D eigenvalue weighted by Crippen LogP contribution is -2.49. The summed E-state index contributed by atoms with van der Waals surface area (Å²) in [4.78, 5) is 4.83. The Labute approximate surface area is 198 Å². The van der Waals surface area contributed by atoms with E-state index in [1.807, 2.05) is 36.4 Å². The molecule has 0 aromatic heterocycles. The lowest BCUT2D eigenvalue weighted by Gasteiger charge is -2.43. The first kappa shape index (κ1) is 22.0. The molecule has 1 aliphatic rings. The molecule has 6 heteroatoms. The molecule has 1 heterocycles. The fourth-order valence-electron chi connectivity index (χ4n) is 4.05. The monoisotopic (exact) mass is 469 g/mol. The van der Waals surface area contributed by atoms with E-state index in [0.29, 0.717) is 10.6 Å². The Kier molecular flexibility index (Phi) is 7.05. The van der Waals surface area contributed by atoms with Gasteiger partial charge in [-0.25, -0.2) is 0 Å². The summed E-state index contributed by atoms with van der Waals surface area (Å²) in [6.07, 6.45) is 0.974. The molecule has 0 spiro atoms. The molecule has 1 fully saturated rings. The first-order valence-electron chi connectivity index (χ1n) is 10.2. The predicted octanol–water partition coefficient (Wildman–Crippen LogP) is 6.62. The van der Waals surface area contributed by atoms with E-state index in [2.05, 4.69) is 40.1 Å². The lowest BCUT2D eigenvalue weighted by atomic mass is 10.0. The first-order valence-corrected chi connectivity index (χ1v) is 11.4. The van der Waals surface area contributed by atoms with Gasteiger partial charge in [-0.2, -0.15) is 5.26 Å². The van der Waals surface area contributed by atoms with Gasteiger partial charge in [-0.05, 0) is 60.0 Å². The maximum absolute atomic E-state index is 9.17. The third-order valence-corrected chi connectivity index (χ3v) is 6.54. The van der Waals surface area contributed by atoms with Crippen molar-refractivity contribution < 1.29 is 0 Å². The summed E-state index contributed by atoms with van der Waals surface area (Å²) in [6.45, 7) is 3.64. The van der Waals surface area contributed by atoms with Gasteiger partial charge >= 0.3 is 0 Å². The summed E-state index contributed by atoms with van der Waals surface area (Å²) in [7, 11) is 0. The van der Waals surface area contributed by atoms with Crippen LogP contribution in [0.4, 0.5) is 5.69 Å². The van der Waals surface area contributed by atoms with Crippen molar-refractivity contribution in [3.63, 3.8) is 0 Å². The van der Waals surface area contributed by atoms with Gasteiger partial charge in [-0.15, -0.1) is 0 Å². The maximum atomic E-state index is 9.17. The number of nitrogens with zero attached hydrogens (tertiary/aromatic N) is 3. The molecule has 3 nitrogen and oxygen atoms in total. The summed E-state index contributed by atoms with van der Waals surface area (Å²) in [5.74, 6) is 0. The highest BCUT2D eigenvalue weighted by atomic mass is 35.5. The van der Waals surface area contributed by atoms with Crippen LogP contribution in [0.2, 0.25) is 15.1 Å². The molecule has 0 aliphatic carbocycles. The van der Waals surface area contributed by atoms with E-state index in [1.54, 1.807) is 6.07 Å². The van der Waals surface area contributed by atoms with Crippen LogP contribution < -0.4 is 4.90 Å². The molecule has 0 amide bonds. The van der Waals surface area contributed by atoms with Gasteiger partial charge < -0.3 is 4.90 Å². The molecule has 31 heavy (non-hydrogen) atoms. The third-order valence-electron chi connectivity index (χ3n) is 5.74. The maximum Gasteiger partial charge on any atom is 0.0992 e.